The summed E-state index contributed by atoms with van der Waals surface area (Å²) in [7, 11) is 0. The van der Waals surface area contributed by atoms with Crippen LogP contribution in [0.15, 0.2) is 0 Å². The summed E-state index contributed by atoms with van der Waals surface area (Å²) in [5.41, 5.74) is -2.98. The van der Waals surface area contributed by atoms with Gasteiger partial charge in [-0.1, -0.05) is 33.6 Å². The molecule has 0 heterocycles. The summed E-state index contributed by atoms with van der Waals surface area (Å²) in [6, 6.07) is 0. The Balaban J connectivity index is 3.17. The number of carbonyl (C=O) groups is 1. The van der Waals surface area contributed by atoms with Crippen molar-refractivity contribution in [2.75, 3.05) is 0 Å². The van der Waals surface area contributed by atoms with Crippen molar-refractivity contribution in [3.05, 3.63) is 0 Å². The molecule has 0 spiro atoms. The first-order valence-electron chi connectivity index (χ1n) is 5.87. The SMILES string of the molecule is CC(C)(C)C1CCCCC1(O)C(F)(F)C(=O)O. The molecule has 2 atom stereocenters. The minimum atomic E-state index is -4.09. The van der Waals surface area contributed by atoms with Crippen LogP contribution in [0.25, 0.3) is 0 Å². The molecule has 0 aromatic carbocycles. The summed E-state index contributed by atoms with van der Waals surface area (Å²) in [6.07, 6.45) is 1.46. The maximum Gasteiger partial charge on any atom is 0.377 e. The Kier molecular flexibility index (Phi) is 3.54. The Morgan fingerprint density at radius 2 is 1.82 bits per heavy atom. The lowest BCUT2D eigenvalue weighted by atomic mass is 9.61. The smallest absolute Gasteiger partial charge is 0.377 e. The van der Waals surface area contributed by atoms with Crippen LogP contribution in [0, 0.1) is 11.3 Å². The molecule has 100 valence electrons. The Hall–Kier alpha value is -0.710. The fourth-order valence-corrected chi connectivity index (χ4v) is 2.87. The largest absolute Gasteiger partial charge is 0.477 e. The monoisotopic (exact) mass is 250 g/mol. The standard InChI is InChI=1S/C12H20F2O3/c1-10(2,3)8-6-4-5-7-11(8,17)12(13,14)9(15)16/h8,17H,4-7H2,1-3H3,(H,15,16). The third kappa shape index (κ3) is 2.30. The van der Waals surface area contributed by atoms with Crippen molar-refractivity contribution in [1.82, 2.24) is 0 Å². The third-order valence-electron chi connectivity index (χ3n) is 3.73. The summed E-state index contributed by atoms with van der Waals surface area (Å²) in [5, 5.41) is 18.9. The number of aliphatic hydroxyl groups is 1. The van der Waals surface area contributed by atoms with Gasteiger partial charge in [0.1, 0.15) is 5.60 Å². The number of alkyl halides is 2. The molecule has 1 aliphatic rings. The van der Waals surface area contributed by atoms with Crippen molar-refractivity contribution >= 4 is 5.97 Å². The maximum atomic E-state index is 13.7. The van der Waals surface area contributed by atoms with E-state index in [0.717, 1.165) is 6.42 Å². The first kappa shape index (κ1) is 14.4. The highest BCUT2D eigenvalue weighted by atomic mass is 19.3. The molecule has 3 nitrogen and oxygen atoms in total. The minimum Gasteiger partial charge on any atom is -0.477 e. The first-order chi connectivity index (χ1) is 7.53. The topological polar surface area (TPSA) is 57.5 Å². The zero-order chi connectivity index (χ0) is 13.5. The fraction of sp³-hybridized carbons (Fsp3) is 0.917. The second-order valence-electron chi connectivity index (χ2n) is 5.97. The predicted molar refractivity (Wildman–Crippen MR) is 58.9 cm³/mol. The summed E-state index contributed by atoms with van der Waals surface area (Å²) in [5.74, 6) is -7.04. The van der Waals surface area contributed by atoms with Gasteiger partial charge in [0.05, 0.1) is 0 Å². The summed E-state index contributed by atoms with van der Waals surface area (Å²) in [4.78, 5) is 10.7. The van der Waals surface area contributed by atoms with E-state index in [1.807, 2.05) is 0 Å². The minimum absolute atomic E-state index is 0.158. The molecule has 1 fully saturated rings. The number of carboxylic acid groups (broad SMARTS) is 1. The summed E-state index contributed by atoms with van der Waals surface area (Å²) in [6.45, 7) is 5.27. The zero-order valence-corrected chi connectivity index (χ0v) is 10.5. The van der Waals surface area contributed by atoms with E-state index < -0.39 is 28.8 Å². The molecule has 1 saturated carbocycles. The molecule has 0 amide bonds. The number of hydrogen-bond donors (Lipinski definition) is 2. The van der Waals surface area contributed by atoms with Gasteiger partial charge in [0.15, 0.2) is 0 Å². The molecule has 0 aliphatic heterocycles. The Morgan fingerprint density at radius 1 is 1.29 bits per heavy atom. The van der Waals surface area contributed by atoms with E-state index in [1.54, 1.807) is 20.8 Å². The normalized spacial score (nSPS) is 31.3. The zero-order valence-electron chi connectivity index (χ0n) is 10.5. The van der Waals surface area contributed by atoms with E-state index in [0.29, 0.717) is 12.8 Å². The van der Waals surface area contributed by atoms with Crippen molar-refractivity contribution < 1.29 is 23.8 Å². The van der Waals surface area contributed by atoms with Crippen LogP contribution in [0.3, 0.4) is 0 Å². The van der Waals surface area contributed by atoms with Gasteiger partial charge in [-0.25, -0.2) is 4.79 Å². The fourth-order valence-electron chi connectivity index (χ4n) is 2.87. The molecule has 5 heteroatoms. The van der Waals surface area contributed by atoms with Gasteiger partial charge in [-0.05, 0) is 24.2 Å². The van der Waals surface area contributed by atoms with Gasteiger partial charge >= 0.3 is 11.9 Å². The molecular weight excluding hydrogens is 230 g/mol. The van der Waals surface area contributed by atoms with E-state index in [4.69, 9.17) is 5.11 Å². The average molecular weight is 250 g/mol. The van der Waals surface area contributed by atoms with Crippen LogP contribution in [0.2, 0.25) is 0 Å². The lowest BCUT2D eigenvalue weighted by Gasteiger charge is -2.48. The molecule has 0 aromatic heterocycles. The Labute approximate surface area is 99.8 Å². The lowest BCUT2D eigenvalue weighted by molar-refractivity contribution is -0.242. The molecule has 1 aliphatic carbocycles. The average Bonchev–Trinajstić information content (AvgIpc) is 2.16. The first-order valence-corrected chi connectivity index (χ1v) is 5.87. The van der Waals surface area contributed by atoms with Crippen molar-refractivity contribution in [2.45, 2.75) is 58.0 Å². The highest BCUT2D eigenvalue weighted by Gasteiger charge is 2.64. The van der Waals surface area contributed by atoms with E-state index in [9.17, 15) is 18.7 Å². The summed E-state index contributed by atoms with van der Waals surface area (Å²) < 4.78 is 27.5. The number of rotatable bonds is 2. The Morgan fingerprint density at radius 3 is 2.24 bits per heavy atom. The number of hydrogen-bond acceptors (Lipinski definition) is 2. The van der Waals surface area contributed by atoms with Crippen LogP contribution in [0.4, 0.5) is 8.78 Å². The predicted octanol–water partition coefficient (Wildman–Crippen LogP) is 2.67. The second kappa shape index (κ2) is 4.19. The second-order valence-corrected chi connectivity index (χ2v) is 5.97. The van der Waals surface area contributed by atoms with Crippen LogP contribution >= 0.6 is 0 Å². The number of halogens is 2. The van der Waals surface area contributed by atoms with Gasteiger partial charge in [0.2, 0.25) is 0 Å². The molecule has 0 bridgehead atoms. The van der Waals surface area contributed by atoms with Gasteiger partial charge < -0.3 is 10.2 Å². The molecule has 2 N–H and O–H groups in total. The van der Waals surface area contributed by atoms with Crippen LogP contribution in [0.5, 0.6) is 0 Å². The van der Waals surface area contributed by atoms with E-state index in [2.05, 4.69) is 0 Å². The molecule has 1 rings (SSSR count). The molecular formula is C12H20F2O3. The van der Waals surface area contributed by atoms with Crippen LogP contribution in [-0.2, 0) is 4.79 Å². The van der Waals surface area contributed by atoms with Gasteiger partial charge in [-0.15, -0.1) is 0 Å². The third-order valence-corrected chi connectivity index (χ3v) is 3.73. The van der Waals surface area contributed by atoms with Crippen LogP contribution in [-0.4, -0.2) is 27.7 Å². The molecule has 17 heavy (non-hydrogen) atoms. The number of aliphatic carboxylic acids is 1. The van der Waals surface area contributed by atoms with E-state index >= 15 is 0 Å². The molecule has 0 saturated heterocycles. The summed E-state index contributed by atoms with van der Waals surface area (Å²) >= 11 is 0. The van der Waals surface area contributed by atoms with E-state index in [1.165, 1.54) is 0 Å². The van der Waals surface area contributed by atoms with Gasteiger partial charge in [-0.2, -0.15) is 8.78 Å². The highest BCUT2D eigenvalue weighted by Crippen LogP contribution is 2.51. The van der Waals surface area contributed by atoms with Crippen molar-refractivity contribution in [3.8, 4) is 0 Å². The molecule has 0 radical (unpaired) electrons. The van der Waals surface area contributed by atoms with Crippen molar-refractivity contribution in [3.63, 3.8) is 0 Å². The van der Waals surface area contributed by atoms with Crippen LogP contribution in [0.1, 0.15) is 46.5 Å². The number of carboxylic acids is 1. The molecule has 2 unspecified atom stereocenters. The van der Waals surface area contributed by atoms with Gasteiger partial charge in [0, 0.05) is 0 Å². The quantitative estimate of drug-likeness (QED) is 0.792. The Bertz CT molecular complexity index is 309. The van der Waals surface area contributed by atoms with Crippen molar-refractivity contribution in [1.29, 1.82) is 0 Å². The van der Waals surface area contributed by atoms with Crippen molar-refractivity contribution in [2.24, 2.45) is 11.3 Å². The molecule has 0 aromatic rings. The van der Waals surface area contributed by atoms with Crippen LogP contribution < -0.4 is 0 Å². The highest BCUT2D eigenvalue weighted by molar-refractivity contribution is 5.77. The van der Waals surface area contributed by atoms with Gasteiger partial charge in [0.25, 0.3) is 0 Å². The van der Waals surface area contributed by atoms with Gasteiger partial charge in [-0.3, -0.25) is 0 Å². The maximum absolute atomic E-state index is 13.7. The lowest BCUT2D eigenvalue weighted by Crippen LogP contribution is -2.61. The van der Waals surface area contributed by atoms with E-state index in [-0.39, 0.29) is 6.42 Å².